The van der Waals surface area contributed by atoms with E-state index in [4.69, 9.17) is 0 Å². The largest absolute Gasteiger partial charge is 0.504 e. The number of phenolic OH excluding ortho intramolecular Hbond substituents is 2. The van der Waals surface area contributed by atoms with Gasteiger partial charge in [0.15, 0.2) is 11.5 Å². The SMILES string of the molecule is CC1C(=O)NCCN1C(=O)c1ccc(O)c(O)c1. The summed E-state index contributed by atoms with van der Waals surface area (Å²) in [6.45, 7) is 2.49. The van der Waals surface area contributed by atoms with Crippen molar-refractivity contribution >= 4 is 11.8 Å². The molecule has 1 atom stereocenters. The Balaban J connectivity index is 2.25. The van der Waals surface area contributed by atoms with Crippen LogP contribution in [0.1, 0.15) is 17.3 Å². The molecular formula is C12H14N2O4. The third kappa shape index (κ3) is 2.09. The first-order chi connectivity index (χ1) is 8.50. The first-order valence-electron chi connectivity index (χ1n) is 5.61. The molecule has 0 aliphatic carbocycles. The fourth-order valence-corrected chi connectivity index (χ4v) is 1.88. The highest BCUT2D eigenvalue weighted by Gasteiger charge is 2.30. The van der Waals surface area contributed by atoms with Gasteiger partial charge in [-0.1, -0.05) is 0 Å². The van der Waals surface area contributed by atoms with E-state index in [-0.39, 0.29) is 28.9 Å². The van der Waals surface area contributed by atoms with Crippen LogP contribution in [0, 0.1) is 0 Å². The van der Waals surface area contributed by atoms with Gasteiger partial charge in [-0.15, -0.1) is 0 Å². The Morgan fingerprint density at radius 3 is 2.78 bits per heavy atom. The van der Waals surface area contributed by atoms with E-state index in [1.54, 1.807) is 6.92 Å². The van der Waals surface area contributed by atoms with E-state index in [1.165, 1.54) is 23.1 Å². The molecule has 1 heterocycles. The van der Waals surface area contributed by atoms with Crippen LogP contribution in [0.25, 0.3) is 0 Å². The molecule has 0 spiro atoms. The van der Waals surface area contributed by atoms with Crippen LogP contribution in [0.5, 0.6) is 11.5 Å². The van der Waals surface area contributed by atoms with Gasteiger partial charge in [-0.3, -0.25) is 9.59 Å². The maximum absolute atomic E-state index is 12.2. The summed E-state index contributed by atoms with van der Waals surface area (Å²) in [5, 5.41) is 21.2. The molecule has 0 aromatic heterocycles. The minimum Gasteiger partial charge on any atom is -0.504 e. The topological polar surface area (TPSA) is 89.9 Å². The molecule has 1 saturated heterocycles. The van der Waals surface area contributed by atoms with Gasteiger partial charge >= 0.3 is 0 Å². The molecule has 1 aromatic rings. The van der Waals surface area contributed by atoms with Crippen molar-refractivity contribution in [3.63, 3.8) is 0 Å². The van der Waals surface area contributed by atoms with Crippen LogP contribution in [0.3, 0.4) is 0 Å². The Hall–Kier alpha value is -2.24. The predicted molar refractivity (Wildman–Crippen MR) is 63.3 cm³/mol. The second kappa shape index (κ2) is 4.56. The first-order valence-corrected chi connectivity index (χ1v) is 5.61. The summed E-state index contributed by atoms with van der Waals surface area (Å²) < 4.78 is 0. The normalized spacial score (nSPS) is 19.5. The maximum atomic E-state index is 12.2. The second-order valence-corrected chi connectivity index (χ2v) is 4.17. The zero-order valence-corrected chi connectivity index (χ0v) is 9.88. The van der Waals surface area contributed by atoms with Gasteiger partial charge in [-0.25, -0.2) is 0 Å². The van der Waals surface area contributed by atoms with Crippen molar-refractivity contribution in [2.45, 2.75) is 13.0 Å². The number of piperazine rings is 1. The molecule has 0 bridgehead atoms. The lowest BCUT2D eigenvalue weighted by molar-refractivity contribution is -0.127. The third-order valence-corrected chi connectivity index (χ3v) is 2.98. The monoisotopic (exact) mass is 250 g/mol. The Bertz CT molecular complexity index is 501. The van der Waals surface area contributed by atoms with Gasteiger partial charge in [0.2, 0.25) is 5.91 Å². The van der Waals surface area contributed by atoms with Gasteiger partial charge in [0.1, 0.15) is 6.04 Å². The third-order valence-electron chi connectivity index (χ3n) is 2.98. The number of benzene rings is 1. The van der Waals surface area contributed by atoms with Crippen LogP contribution in [-0.4, -0.2) is 46.1 Å². The maximum Gasteiger partial charge on any atom is 0.254 e. The molecule has 2 rings (SSSR count). The molecule has 1 aliphatic heterocycles. The molecule has 0 saturated carbocycles. The lowest BCUT2D eigenvalue weighted by Gasteiger charge is -2.32. The molecule has 6 nitrogen and oxygen atoms in total. The van der Waals surface area contributed by atoms with E-state index in [2.05, 4.69) is 5.32 Å². The summed E-state index contributed by atoms with van der Waals surface area (Å²) in [4.78, 5) is 25.1. The number of hydrogen-bond donors (Lipinski definition) is 3. The van der Waals surface area contributed by atoms with Gasteiger partial charge in [0.05, 0.1) is 0 Å². The predicted octanol–water partition coefficient (Wildman–Crippen LogP) is 0.0583. The van der Waals surface area contributed by atoms with Gasteiger partial charge in [0.25, 0.3) is 5.91 Å². The Kier molecular flexibility index (Phi) is 3.10. The Labute approximate surface area is 104 Å². The van der Waals surface area contributed by atoms with Crippen molar-refractivity contribution in [3.8, 4) is 11.5 Å². The highest BCUT2D eigenvalue weighted by molar-refractivity contribution is 5.98. The van der Waals surface area contributed by atoms with Crippen LogP contribution < -0.4 is 5.32 Å². The van der Waals surface area contributed by atoms with Crippen molar-refractivity contribution < 1.29 is 19.8 Å². The van der Waals surface area contributed by atoms with Crippen LogP contribution >= 0.6 is 0 Å². The molecular weight excluding hydrogens is 236 g/mol. The fourth-order valence-electron chi connectivity index (χ4n) is 1.88. The summed E-state index contributed by atoms with van der Waals surface area (Å²) in [7, 11) is 0. The van der Waals surface area contributed by atoms with Crippen molar-refractivity contribution in [2.75, 3.05) is 13.1 Å². The minimum absolute atomic E-state index is 0.197. The number of rotatable bonds is 1. The number of carbonyl (C=O) groups is 2. The molecule has 1 aliphatic rings. The smallest absolute Gasteiger partial charge is 0.254 e. The van der Waals surface area contributed by atoms with E-state index in [0.717, 1.165) is 0 Å². The van der Waals surface area contributed by atoms with Crippen LogP contribution in [-0.2, 0) is 4.79 Å². The Morgan fingerprint density at radius 1 is 1.39 bits per heavy atom. The van der Waals surface area contributed by atoms with E-state index < -0.39 is 6.04 Å². The number of carbonyl (C=O) groups excluding carboxylic acids is 2. The molecule has 1 unspecified atom stereocenters. The van der Waals surface area contributed by atoms with Gasteiger partial charge < -0.3 is 20.4 Å². The van der Waals surface area contributed by atoms with Crippen molar-refractivity contribution in [1.29, 1.82) is 0 Å². The fraction of sp³-hybridized carbons (Fsp3) is 0.333. The number of hydrogen-bond acceptors (Lipinski definition) is 4. The summed E-state index contributed by atoms with van der Waals surface area (Å²) in [5.41, 5.74) is 0.242. The summed E-state index contributed by atoms with van der Waals surface area (Å²) in [6, 6.07) is 3.31. The number of aromatic hydroxyl groups is 2. The molecule has 1 fully saturated rings. The van der Waals surface area contributed by atoms with Gasteiger partial charge in [0, 0.05) is 18.7 Å². The number of amides is 2. The quantitative estimate of drug-likeness (QED) is 0.615. The molecule has 2 amide bonds. The zero-order chi connectivity index (χ0) is 13.3. The average Bonchev–Trinajstić information content (AvgIpc) is 2.35. The molecule has 3 N–H and O–H groups in total. The minimum atomic E-state index is -0.540. The average molecular weight is 250 g/mol. The summed E-state index contributed by atoms with van der Waals surface area (Å²) >= 11 is 0. The molecule has 0 radical (unpaired) electrons. The van der Waals surface area contributed by atoms with E-state index in [9.17, 15) is 19.8 Å². The lowest BCUT2D eigenvalue weighted by atomic mass is 10.1. The second-order valence-electron chi connectivity index (χ2n) is 4.17. The number of phenols is 2. The molecule has 6 heteroatoms. The zero-order valence-electron chi connectivity index (χ0n) is 9.88. The van der Waals surface area contributed by atoms with E-state index >= 15 is 0 Å². The summed E-state index contributed by atoms with van der Waals surface area (Å²) in [5.74, 6) is -1.17. The van der Waals surface area contributed by atoms with Gasteiger partial charge in [-0.2, -0.15) is 0 Å². The molecule has 96 valence electrons. The van der Waals surface area contributed by atoms with Crippen molar-refractivity contribution in [3.05, 3.63) is 23.8 Å². The number of nitrogens with zero attached hydrogens (tertiary/aromatic N) is 1. The number of nitrogens with one attached hydrogen (secondary N) is 1. The highest BCUT2D eigenvalue weighted by atomic mass is 16.3. The Morgan fingerprint density at radius 2 is 2.11 bits per heavy atom. The van der Waals surface area contributed by atoms with Crippen LogP contribution in [0.15, 0.2) is 18.2 Å². The molecule has 18 heavy (non-hydrogen) atoms. The standard InChI is InChI=1S/C12H14N2O4/c1-7-11(17)13-4-5-14(7)12(18)8-2-3-9(15)10(16)6-8/h2-3,6-7,15-16H,4-5H2,1H3,(H,13,17). The summed E-state index contributed by atoms with van der Waals surface area (Å²) in [6.07, 6.45) is 0. The van der Waals surface area contributed by atoms with Crippen molar-refractivity contribution in [2.24, 2.45) is 0 Å². The highest BCUT2D eigenvalue weighted by Crippen LogP contribution is 2.25. The van der Waals surface area contributed by atoms with E-state index in [1.807, 2.05) is 0 Å². The van der Waals surface area contributed by atoms with E-state index in [0.29, 0.717) is 13.1 Å². The van der Waals surface area contributed by atoms with Gasteiger partial charge in [-0.05, 0) is 25.1 Å². The lowest BCUT2D eigenvalue weighted by Crippen LogP contribution is -2.55. The first kappa shape index (κ1) is 12.2. The van der Waals surface area contributed by atoms with Crippen LogP contribution in [0.4, 0.5) is 0 Å². The molecule has 1 aromatic carbocycles. The van der Waals surface area contributed by atoms with Crippen molar-refractivity contribution in [1.82, 2.24) is 10.2 Å². The van der Waals surface area contributed by atoms with Crippen LogP contribution in [0.2, 0.25) is 0 Å².